The van der Waals surface area contributed by atoms with Gasteiger partial charge in [-0.2, -0.15) is 0 Å². The van der Waals surface area contributed by atoms with Gasteiger partial charge in [-0.3, -0.25) is 4.79 Å². The first-order chi connectivity index (χ1) is 9.60. The molecule has 0 heterocycles. The zero-order valence-corrected chi connectivity index (χ0v) is 12.0. The molecule has 2 aromatic rings. The van der Waals surface area contributed by atoms with Crippen molar-refractivity contribution in [1.29, 1.82) is 0 Å². The maximum Gasteiger partial charge on any atom is 0.244 e. The standard InChI is InChI=1S/C16H17ClN2O/c1-2-11-3-5-12(6-4-11)15(16(18)20)19-14-9-7-13(17)8-10-14/h3-10,15,19H,2H2,1H3,(H2,18,20). The third-order valence-corrected chi connectivity index (χ3v) is 3.41. The maximum absolute atomic E-state index is 11.7. The normalized spacial score (nSPS) is 11.9. The van der Waals surface area contributed by atoms with Crippen LogP contribution in [0.4, 0.5) is 5.69 Å². The number of rotatable bonds is 5. The summed E-state index contributed by atoms with van der Waals surface area (Å²) >= 11 is 5.84. The molecule has 0 fully saturated rings. The van der Waals surface area contributed by atoms with Crippen LogP contribution in [0.3, 0.4) is 0 Å². The number of nitrogens with one attached hydrogen (secondary N) is 1. The van der Waals surface area contributed by atoms with E-state index in [1.54, 1.807) is 12.1 Å². The third kappa shape index (κ3) is 3.52. The van der Waals surface area contributed by atoms with Gasteiger partial charge in [-0.25, -0.2) is 0 Å². The van der Waals surface area contributed by atoms with E-state index in [1.165, 1.54) is 5.56 Å². The van der Waals surface area contributed by atoms with Crippen molar-refractivity contribution >= 4 is 23.2 Å². The van der Waals surface area contributed by atoms with Crippen LogP contribution in [0, 0.1) is 0 Å². The molecular formula is C16H17ClN2O. The fourth-order valence-corrected chi connectivity index (χ4v) is 2.10. The van der Waals surface area contributed by atoms with Gasteiger partial charge in [-0.15, -0.1) is 0 Å². The van der Waals surface area contributed by atoms with Gasteiger partial charge in [-0.05, 0) is 41.8 Å². The SMILES string of the molecule is CCc1ccc(C(Nc2ccc(Cl)cc2)C(N)=O)cc1. The van der Waals surface area contributed by atoms with Crippen molar-refractivity contribution < 1.29 is 4.79 Å². The molecule has 0 aliphatic heterocycles. The summed E-state index contributed by atoms with van der Waals surface area (Å²) in [6.45, 7) is 2.09. The number of hydrogen-bond donors (Lipinski definition) is 2. The first-order valence-corrected chi connectivity index (χ1v) is 6.88. The molecule has 0 bridgehead atoms. The van der Waals surface area contributed by atoms with Crippen LogP contribution in [-0.2, 0) is 11.2 Å². The topological polar surface area (TPSA) is 55.1 Å². The zero-order chi connectivity index (χ0) is 14.5. The third-order valence-electron chi connectivity index (χ3n) is 3.16. The minimum atomic E-state index is -0.554. The van der Waals surface area contributed by atoms with Crippen molar-refractivity contribution in [2.75, 3.05) is 5.32 Å². The molecule has 4 heteroatoms. The van der Waals surface area contributed by atoms with Crippen LogP contribution >= 0.6 is 11.6 Å². The Kier molecular flexibility index (Phi) is 4.64. The number of halogens is 1. The Hall–Kier alpha value is -2.00. The Morgan fingerprint density at radius 2 is 1.75 bits per heavy atom. The van der Waals surface area contributed by atoms with Gasteiger partial charge in [0.25, 0.3) is 0 Å². The highest BCUT2D eigenvalue weighted by Gasteiger charge is 2.17. The Labute approximate surface area is 123 Å². The summed E-state index contributed by atoms with van der Waals surface area (Å²) in [5.74, 6) is -0.413. The smallest absolute Gasteiger partial charge is 0.244 e. The maximum atomic E-state index is 11.7. The van der Waals surface area contributed by atoms with E-state index in [-0.39, 0.29) is 0 Å². The number of carbonyl (C=O) groups excluding carboxylic acids is 1. The summed E-state index contributed by atoms with van der Waals surface area (Å²) in [6, 6.07) is 14.5. The molecule has 104 valence electrons. The number of anilines is 1. The number of nitrogens with two attached hydrogens (primary N) is 1. The average Bonchev–Trinajstić information content (AvgIpc) is 2.46. The highest BCUT2D eigenvalue weighted by atomic mass is 35.5. The van der Waals surface area contributed by atoms with E-state index in [0.29, 0.717) is 5.02 Å². The molecule has 1 amide bonds. The lowest BCUT2D eigenvalue weighted by atomic mass is 10.0. The van der Waals surface area contributed by atoms with Gasteiger partial charge in [0, 0.05) is 10.7 Å². The Morgan fingerprint density at radius 3 is 2.25 bits per heavy atom. The van der Waals surface area contributed by atoms with Crippen LogP contribution in [-0.4, -0.2) is 5.91 Å². The molecule has 0 radical (unpaired) electrons. The van der Waals surface area contributed by atoms with Crippen molar-refractivity contribution in [1.82, 2.24) is 0 Å². The number of amides is 1. The largest absolute Gasteiger partial charge is 0.370 e. The fraction of sp³-hybridized carbons (Fsp3) is 0.188. The molecule has 20 heavy (non-hydrogen) atoms. The quantitative estimate of drug-likeness (QED) is 0.884. The monoisotopic (exact) mass is 288 g/mol. The van der Waals surface area contributed by atoms with Crippen LogP contribution < -0.4 is 11.1 Å². The summed E-state index contributed by atoms with van der Waals surface area (Å²) in [6.07, 6.45) is 0.964. The Morgan fingerprint density at radius 1 is 1.15 bits per heavy atom. The fourth-order valence-electron chi connectivity index (χ4n) is 1.98. The molecule has 0 aliphatic rings. The lowest BCUT2D eigenvalue weighted by Crippen LogP contribution is -2.27. The molecule has 1 atom stereocenters. The van der Waals surface area contributed by atoms with Gasteiger partial charge < -0.3 is 11.1 Å². The molecule has 0 saturated carbocycles. The molecule has 2 aromatic carbocycles. The van der Waals surface area contributed by atoms with E-state index >= 15 is 0 Å². The van der Waals surface area contributed by atoms with Crippen molar-refractivity contribution in [3.63, 3.8) is 0 Å². The summed E-state index contributed by atoms with van der Waals surface area (Å²) in [4.78, 5) is 11.7. The predicted molar refractivity (Wildman–Crippen MR) is 82.8 cm³/mol. The zero-order valence-electron chi connectivity index (χ0n) is 11.3. The van der Waals surface area contributed by atoms with Gasteiger partial charge in [0.1, 0.15) is 6.04 Å². The van der Waals surface area contributed by atoms with E-state index in [4.69, 9.17) is 17.3 Å². The molecule has 0 spiro atoms. The molecule has 1 unspecified atom stereocenters. The molecular weight excluding hydrogens is 272 g/mol. The van der Waals surface area contributed by atoms with E-state index in [9.17, 15) is 4.79 Å². The molecule has 3 N–H and O–H groups in total. The molecule has 0 aliphatic carbocycles. The predicted octanol–water partition coefficient (Wildman–Crippen LogP) is 3.54. The van der Waals surface area contributed by atoms with Crippen LogP contribution in [0.15, 0.2) is 48.5 Å². The van der Waals surface area contributed by atoms with Gasteiger partial charge in [0.15, 0.2) is 0 Å². The highest BCUT2D eigenvalue weighted by Crippen LogP contribution is 2.21. The molecule has 0 saturated heterocycles. The van der Waals surface area contributed by atoms with Gasteiger partial charge in [-0.1, -0.05) is 42.8 Å². The second kappa shape index (κ2) is 6.44. The van der Waals surface area contributed by atoms with Crippen molar-refractivity contribution in [2.45, 2.75) is 19.4 Å². The van der Waals surface area contributed by atoms with E-state index in [0.717, 1.165) is 17.7 Å². The number of benzene rings is 2. The summed E-state index contributed by atoms with van der Waals surface area (Å²) in [5, 5.41) is 3.78. The van der Waals surface area contributed by atoms with Crippen LogP contribution in [0.25, 0.3) is 0 Å². The number of aryl methyl sites for hydroxylation is 1. The Bertz CT molecular complexity index is 578. The molecule has 2 rings (SSSR count). The summed E-state index contributed by atoms with van der Waals surface area (Å²) in [7, 11) is 0. The van der Waals surface area contributed by atoms with E-state index < -0.39 is 11.9 Å². The van der Waals surface area contributed by atoms with E-state index in [2.05, 4.69) is 12.2 Å². The Balaban J connectivity index is 2.22. The van der Waals surface area contributed by atoms with Gasteiger partial charge in [0.2, 0.25) is 5.91 Å². The first-order valence-electron chi connectivity index (χ1n) is 6.50. The minimum Gasteiger partial charge on any atom is -0.370 e. The van der Waals surface area contributed by atoms with Gasteiger partial charge >= 0.3 is 0 Å². The lowest BCUT2D eigenvalue weighted by molar-refractivity contribution is -0.118. The number of carbonyl (C=O) groups is 1. The second-order valence-corrected chi connectivity index (χ2v) is 5.02. The highest BCUT2D eigenvalue weighted by molar-refractivity contribution is 6.30. The second-order valence-electron chi connectivity index (χ2n) is 4.58. The van der Waals surface area contributed by atoms with Gasteiger partial charge in [0.05, 0.1) is 0 Å². The molecule has 0 aromatic heterocycles. The van der Waals surface area contributed by atoms with Crippen LogP contribution in [0.1, 0.15) is 24.1 Å². The number of hydrogen-bond acceptors (Lipinski definition) is 2. The minimum absolute atomic E-state index is 0.413. The average molecular weight is 289 g/mol. The van der Waals surface area contributed by atoms with E-state index in [1.807, 2.05) is 36.4 Å². The first kappa shape index (κ1) is 14.4. The lowest BCUT2D eigenvalue weighted by Gasteiger charge is -2.17. The van der Waals surface area contributed by atoms with Crippen molar-refractivity contribution in [3.05, 3.63) is 64.7 Å². The van der Waals surface area contributed by atoms with Crippen molar-refractivity contribution in [3.8, 4) is 0 Å². The summed E-state index contributed by atoms with van der Waals surface area (Å²) in [5.41, 5.74) is 8.37. The molecule has 3 nitrogen and oxygen atoms in total. The number of primary amides is 1. The van der Waals surface area contributed by atoms with Crippen molar-refractivity contribution in [2.24, 2.45) is 5.73 Å². The van der Waals surface area contributed by atoms with Crippen LogP contribution in [0.2, 0.25) is 5.02 Å². The summed E-state index contributed by atoms with van der Waals surface area (Å²) < 4.78 is 0. The van der Waals surface area contributed by atoms with Crippen LogP contribution in [0.5, 0.6) is 0 Å².